The van der Waals surface area contributed by atoms with Crippen molar-refractivity contribution in [3.05, 3.63) is 29.8 Å². The van der Waals surface area contributed by atoms with Crippen molar-refractivity contribution < 1.29 is 19.1 Å². The zero-order chi connectivity index (χ0) is 23.0. The SMILES string of the molecule is CCCN(CC(=O)NCc1ccc(OCC(N)=O)cc1)[C@H]1C[C@@H](OCC)C12CCCCC2. The fourth-order valence-corrected chi connectivity index (χ4v) is 5.47. The van der Waals surface area contributed by atoms with Crippen LogP contribution < -0.4 is 15.8 Å². The lowest BCUT2D eigenvalue weighted by molar-refractivity contribution is -0.183. The molecule has 1 aromatic rings. The van der Waals surface area contributed by atoms with Crippen LogP contribution in [0, 0.1) is 5.41 Å². The van der Waals surface area contributed by atoms with Crippen LogP contribution >= 0.6 is 0 Å². The van der Waals surface area contributed by atoms with E-state index >= 15 is 0 Å². The number of nitrogens with zero attached hydrogens (tertiary/aromatic N) is 1. The van der Waals surface area contributed by atoms with Gasteiger partial charge in [-0.1, -0.05) is 38.3 Å². The lowest BCUT2D eigenvalue weighted by atomic mass is 9.54. The second-order valence-corrected chi connectivity index (χ2v) is 9.14. The Hall–Kier alpha value is -2.12. The van der Waals surface area contributed by atoms with Crippen molar-refractivity contribution in [1.29, 1.82) is 0 Å². The zero-order valence-corrected chi connectivity index (χ0v) is 19.6. The number of carbonyl (C=O) groups excluding carboxylic acids is 2. The van der Waals surface area contributed by atoms with Crippen LogP contribution in [0.5, 0.6) is 5.75 Å². The van der Waals surface area contributed by atoms with Gasteiger partial charge < -0.3 is 20.5 Å². The van der Waals surface area contributed by atoms with E-state index in [0.29, 0.717) is 31.0 Å². The molecular weight excluding hydrogens is 406 g/mol. The summed E-state index contributed by atoms with van der Waals surface area (Å²) < 4.78 is 11.4. The summed E-state index contributed by atoms with van der Waals surface area (Å²) in [6.45, 7) is 6.71. The number of nitrogens with two attached hydrogens (primary N) is 1. The van der Waals surface area contributed by atoms with Crippen molar-refractivity contribution in [2.24, 2.45) is 11.1 Å². The molecule has 0 saturated heterocycles. The van der Waals surface area contributed by atoms with Crippen LogP contribution in [0.25, 0.3) is 0 Å². The molecule has 0 heterocycles. The van der Waals surface area contributed by atoms with Gasteiger partial charge in [0.2, 0.25) is 5.91 Å². The number of benzene rings is 1. The molecule has 2 saturated carbocycles. The third kappa shape index (κ3) is 6.01. The van der Waals surface area contributed by atoms with Crippen LogP contribution in [0.15, 0.2) is 24.3 Å². The van der Waals surface area contributed by atoms with Gasteiger partial charge >= 0.3 is 0 Å². The fourth-order valence-electron chi connectivity index (χ4n) is 5.47. The maximum absolute atomic E-state index is 12.8. The molecule has 3 N–H and O–H groups in total. The van der Waals surface area contributed by atoms with Gasteiger partial charge in [-0.2, -0.15) is 0 Å². The molecule has 2 atom stereocenters. The van der Waals surface area contributed by atoms with Crippen LogP contribution in [-0.2, 0) is 20.9 Å². The highest BCUT2D eigenvalue weighted by Crippen LogP contribution is 2.55. The maximum atomic E-state index is 12.8. The Morgan fingerprint density at radius 1 is 1.16 bits per heavy atom. The van der Waals surface area contributed by atoms with Gasteiger partial charge in [0, 0.05) is 24.6 Å². The summed E-state index contributed by atoms with van der Waals surface area (Å²) in [5.74, 6) is 0.130. The Morgan fingerprint density at radius 2 is 1.88 bits per heavy atom. The molecule has 32 heavy (non-hydrogen) atoms. The average molecular weight is 446 g/mol. The van der Waals surface area contributed by atoms with Gasteiger partial charge in [0.25, 0.3) is 5.91 Å². The minimum Gasteiger partial charge on any atom is -0.484 e. The van der Waals surface area contributed by atoms with E-state index < -0.39 is 5.91 Å². The first-order chi connectivity index (χ1) is 15.5. The summed E-state index contributed by atoms with van der Waals surface area (Å²) >= 11 is 0. The highest BCUT2D eigenvalue weighted by Gasteiger charge is 2.57. The van der Waals surface area contributed by atoms with E-state index in [2.05, 4.69) is 24.1 Å². The van der Waals surface area contributed by atoms with Crippen molar-refractivity contribution in [1.82, 2.24) is 10.2 Å². The Balaban J connectivity index is 1.54. The molecule has 1 spiro atoms. The van der Waals surface area contributed by atoms with Crippen LogP contribution in [0.2, 0.25) is 0 Å². The normalized spacial score (nSPS) is 21.8. The van der Waals surface area contributed by atoms with E-state index in [0.717, 1.165) is 31.6 Å². The number of ether oxygens (including phenoxy) is 2. The molecule has 0 aliphatic heterocycles. The summed E-state index contributed by atoms with van der Waals surface area (Å²) in [5.41, 5.74) is 6.30. The van der Waals surface area contributed by atoms with Gasteiger partial charge in [-0.25, -0.2) is 0 Å². The fraction of sp³-hybridized carbons (Fsp3) is 0.680. The number of hydrogen-bond donors (Lipinski definition) is 2. The molecule has 0 aromatic heterocycles. The minimum absolute atomic E-state index is 0.0540. The highest BCUT2D eigenvalue weighted by atomic mass is 16.5. The van der Waals surface area contributed by atoms with Gasteiger partial charge in [0.05, 0.1) is 12.6 Å². The Labute approximate surface area is 192 Å². The molecule has 0 radical (unpaired) electrons. The monoisotopic (exact) mass is 445 g/mol. The number of nitrogens with one attached hydrogen (secondary N) is 1. The summed E-state index contributed by atoms with van der Waals surface area (Å²) in [6.07, 6.45) is 8.70. The lowest BCUT2D eigenvalue weighted by Gasteiger charge is -2.60. The first-order valence-corrected chi connectivity index (χ1v) is 12.1. The predicted octanol–water partition coefficient (Wildman–Crippen LogP) is 3.01. The maximum Gasteiger partial charge on any atom is 0.255 e. The molecule has 178 valence electrons. The third-order valence-corrected chi connectivity index (χ3v) is 6.99. The molecule has 7 nitrogen and oxygen atoms in total. The predicted molar refractivity (Wildman–Crippen MR) is 124 cm³/mol. The number of rotatable bonds is 12. The van der Waals surface area contributed by atoms with E-state index in [-0.39, 0.29) is 17.9 Å². The topological polar surface area (TPSA) is 93.9 Å². The third-order valence-electron chi connectivity index (χ3n) is 6.99. The van der Waals surface area contributed by atoms with Crippen LogP contribution in [0.1, 0.15) is 64.4 Å². The van der Waals surface area contributed by atoms with E-state index in [1.807, 2.05) is 12.1 Å². The smallest absolute Gasteiger partial charge is 0.255 e. The molecule has 2 aliphatic carbocycles. The Bertz CT molecular complexity index is 746. The summed E-state index contributed by atoms with van der Waals surface area (Å²) in [6, 6.07) is 7.77. The van der Waals surface area contributed by atoms with Crippen molar-refractivity contribution in [2.45, 2.75) is 77.5 Å². The molecule has 3 rings (SSSR count). The Kier molecular flexibility index (Phi) is 8.93. The zero-order valence-electron chi connectivity index (χ0n) is 19.6. The van der Waals surface area contributed by atoms with Crippen LogP contribution in [0.3, 0.4) is 0 Å². The Morgan fingerprint density at radius 3 is 2.50 bits per heavy atom. The number of amides is 2. The van der Waals surface area contributed by atoms with Crippen molar-refractivity contribution in [3.8, 4) is 5.75 Å². The second-order valence-electron chi connectivity index (χ2n) is 9.14. The van der Waals surface area contributed by atoms with Gasteiger partial charge in [-0.15, -0.1) is 0 Å². The van der Waals surface area contributed by atoms with Gasteiger partial charge in [0.15, 0.2) is 6.61 Å². The highest BCUT2D eigenvalue weighted by molar-refractivity contribution is 5.78. The van der Waals surface area contributed by atoms with Crippen LogP contribution in [-0.4, -0.2) is 55.2 Å². The van der Waals surface area contributed by atoms with E-state index in [1.54, 1.807) is 12.1 Å². The largest absolute Gasteiger partial charge is 0.484 e. The summed E-state index contributed by atoms with van der Waals surface area (Å²) in [5, 5.41) is 3.06. The molecule has 1 aromatic carbocycles. The van der Waals surface area contributed by atoms with Crippen molar-refractivity contribution in [2.75, 3.05) is 26.3 Å². The second kappa shape index (κ2) is 11.7. The molecule has 2 amide bonds. The number of primary amides is 1. The van der Waals surface area contributed by atoms with Gasteiger partial charge in [-0.05, 0) is 56.8 Å². The van der Waals surface area contributed by atoms with Gasteiger partial charge in [-0.3, -0.25) is 14.5 Å². The number of hydrogen-bond acceptors (Lipinski definition) is 5. The number of carbonyl (C=O) groups is 2. The summed E-state index contributed by atoms with van der Waals surface area (Å²) in [7, 11) is 0. The van der Waals surface area contributed by atoms with E-state index in [9.17, 15) is 9.59 Å². The molecular formula is C25H39N3O4. The molecule has 2 fully saturated rings. The van der Waals surface area contributed by atoms with Crippen molar-refractivity contribution >= 4 is 11.8 Å². The lowest BCUT2D eigenvalue weighted by Crippen LogP contribution is -2.66. The molecule has 0 bridgehead atoms. The molecule has 0 unspecified atom stereocenters. The quantitative estimate of drug-likeness (QED) is 0.516. The first-order valence-electron chi connectivity index (χ1n) is 12.1. The van der Waals surface area contributed by atoms with Crippen molar-refractivity contribution in [3.63, 3.8) is 0 Å². The first kappa shape index (κ1) is 24.5. The van der Waals surface area contributed by atoms with E-state index in [1.165, 1.54) is 32.1 Å². The molecule has 2 aliphatic rings. The minimum atomic E-state index is -0.507. The standard InChI is InChI=1S/C25H39N3O4/c1-3-14-28(21-15-22(31-4-2)25(21)12-6-5-7-13-25)17-24(30)27-16-19-8-10-20(11-9-19)32-18-23(26)29/h8-11,21-22H,3-7,12-18H2,1-2H3,(H2,26,29)(H,27,30)/t21-,22+/m0/s1. The van der Waals surface area contributed by atoms with Crippen LogP contribution in [0.4, 0.5) is 0 Å². The summed E-state index contributed by atoms with van der Waals surface area (Å²) in [4.78, 5) is 26.0. The average Bonchev–Trinajstić information content (AvgIpc) is 2.80. The molecule has 7 heteroatoms. The van der Waals surface area contributed by atoms with E-state index in [4.69, 9.17) is 15.2 Å². The van der Waals surface area contributed by atoms with Gasteiger partial charge in [0.1, 0.15) is 5.75 Å².